The zero-order valence-corrected chi connectivity index (χ0v) is 11.3. The molecule has 0 fully saturated rings. The van der Waals surface area contributed by atoms with Crippen LogP contribution in [0, 0.1) is 0 Å². The molecule has 0 saturated carbocycles. The Morgan fingerprint density at radius 2 is 1.94 bits per heavy atom. The van der Waals surface area contributed by atoms with Gasteiger partial charge in [0.05, 0.1) is 19.7 Å². The number of amides is 3. The van der Waals surface area contributed by atoms with Gasteiger partial charge in [-0.15, -0.1) is 0 Å². The maximum absolute atomic E-state index is 11.7. The SMILES string of the molecule is CCCN(CC(=O)OC)C(C)C(=O)NC(=O)NC. The van der Waals surface area contributed by atoms with Gasteiger partial charge >= 0.3 is 12.0 Å². The van der Waals surface area contributed by atoms with Crippen LogP contribution in [0.5, 0.6) is 0 Å². The molecule has 2 N–H and O–H groups in total. The molecule has 7 heteroatoms. The fourth-order valence-electron chi connectivity index (χ4n) is 1.37. The minimum absolute atomic E-state index is 0.0205. The number of urea groups is 1. The third-order valence-corrected chi connectivity index (χ3v) is 2.46. The van der Waals surface area contributed by atoms with E-state index in [0.29, 0.717) is 6.54 Å². The lowest BCUT2D eigenvalue weighted by molar-refractivity contribution is -0.143. The average Bonchev–Trinajstić information content (AvgIpc) is 2.36. The van der Waals surface area contributed by atoms with Gasteiger partial charge in [-0.25, -0.2) is 4.79 Å². The number of esters is 1. The molecule has 0 aliphatic heterocycles. The van der Waals surface area contributed by atoms with E-state index < -0.39 is 23.9 Å². The highest BCUT2D eigenvalue weighted by Gasteiger charge is 2.24. The second kappa shape index (κ2) is 8.46. The molecule has 0 spiro atoms. The maximum Gasteiger partial charge on any atom is 0.321 e. The minimum Gasteiger partial charge on any atom is -0.468 e. The second-order valence-corrected chi connectivity index (χ2v) is 3.79. The van der Waals surface area contributed by atoms with E-state index in [0.717, 1.165) is 6.42 Å². The van der Waals surface area contributed by atoms with Gasteiger partial charge in [0.2, 0.25) is 5.91 Å². The summed E-state index contributed by atoms with van der Waals surface area (Å²) < 4.78 is 4.57. The lowest BCUT2D eigenvalue weighted by atomic mass is 10.2. The Morgan fingerprint density at radius 1 is 1.33 bits per heavy atom. The van der Waals surface area contributed by atoms with E-state index in [2.05, 4.69) is 15.4 Å². The lowest BCUT2D eigenvalue weighted by Gasteiger charge is -2.26. The van der Waals surface area contributed by atoms with Crippen molar-refractivity contribution in [3.63, 3.8) is 0 Å². The van der Waals surface area contributed by atoms with Crippen LogP contribution in [0.3, 0.4) is 0 Å². The summed E-state index contributed by atoms with van der Waals surface area (Å²) in [6, 6.07) is -1.15. The zero-order chi connectivity index (χ0) is 14.1. The summed E-state index contributed by atoms with van der Waals surface area (Å²) in [5.41, 5.74) is 0. The number of nitrogens with one attached hydrogen (secondary N) is 2. The van der Waals surface area contributed by atoms with E-state index in [-0.39, 0.29) is 6.54 Å². The molecule has 3 amide bonds. The van der Waals surface area contributed by atoms with E-state index in [4.69, 9.17) is 0 Å². The van der Waals surface area contributed by atoms with E-state index in [9.17, 15) is 14.4 Å². The molecular weight excluding hydrogens is 238 g/mol. The molecule has 0 rings (SSSR count). The number of ether oxygens (including phenoxy) is 1. The highest BCUT2D eigenvalue weighted by atomic mass is 16.5. The largest absolute Gasteiger partial charge is 0.468 e. The number of hydrogen-bond donors (Lipinski definition) is 2. The summed E-state index contributed by atoms with van der Waals surface area (Å²) in [6.07, 6.45) is 0.786. The molecule has 0 aromatic rings. The van der Waals surface area contributed by atoms with Crippen LogP contribution < -0.4 is 10.6 Å². The molecule has 7 nitrogen and oxygen atoms in total. The van der Waals surface area contributed by atoms with Gasteiger partial charge in [-0.3, -0.25) is 19.8 Å². The quantitative estimate of drug-likeness (QED) is 0.640. The molecule has 104 valence electrons. The van der Waals surface area contributed by atoms with Crippen LogP contribution in [-0.4, -0.2) is 56.1 Å². The Morgan fingerprint density at radius 3 is 2.39 bits per heavy atom. The van der Waals surface area contributed by atoms with Gasteiger partial charge < -0.3 is 10.1 Å². The van der Waals surface area contributed by atoms with Crippen molar-refractivity contribution in [3.8, 4) is 0 Å². The number of imide groups is 1. The van der Waals surface area contributed by atoms with Crippen molar-refractivity contribution < 1.29 is 19.1 Å². The Balaban J connectivity index is 4.53. The molecule has 0 aliphatic rings. The number of rotatable bonds is 6. The summed E-state index contributed by atoms with van der Waals surface area (Å²) in [5, 5.41) is 4.47. The second-order valence-electron chi connectivity index (χ2n) is 3.79. The number of hydrogen-bond acceptors (Lipinski definition) is 5. The van der Waals surface area contributed by atoms with Crippen LogP contribution in [0.15, 0.2) is 0 Å². The van der Waals surface area contributed by atoms with E-state index in [1.165, 1.54) is 14.2 Å². The van der Waals surface area contributed by atoms with Crippen LogP contribution in [0.2, 0.25) is 0 Å². The summed E-state index contributed by atoms with van der Waals surface area (Å²) in [6.45, 7) is 4.16. The van der Waals surface area contributed by atoms with Gasteiger partial charge in [0, 0.05) is 7.05 Å². The molecule has 0 aromatic heterocycles. The summed E-state index contributed by atoms with van der Waals surface area (Å²) in [5.74, 6) is -0.866. The third-order valence-electron chi connectivity index (χ3n) is 2.46. The van der Waals surface area contributed by atoms with Crippen LogP contribution in [0.4, 0.5) is 4.79 Å². The summed E-state index contributed by atoms with van der Waals surface area (Å²) in [7, 11) is 2.72. The van der Waals surface area contributed by atoms with Crippen LogP contribution in [0.1, 0.15) is 20.3 Å². The Hall–Kier alpha value is -1.63. The Bertz CT molecular complexity index is 307. The van der Waals surface area contributed by atoms with E-state index in [1.54, 1.807) is 11.8 Å². The van der Waals surface area contributed by atoms with Crippen molar-refractivity contribution in [2.45, 2.75) is 26.3 Å². The minimum atomic E-state index is -0.582. The molecule has 18 heavy (non-hydrogen) atoms. The van der Waals surface area contributed by atoms with E-state index >= 15 is 0 Å². The van der Waals surface area contributed by atoms with Gasteiger partial charge in [-0.2, -0.15) is 0 Å². The predicted molar refractivity (Wildman–Crippen MR) is 65.9 cm³/mol. The van der Waals surface area contributed by atoms with Crippen LogP contribution in [0.25, 0.3) is 0 Å². The summed E-state index contributed by atoms with van der Waals surface area (Å²) in [4.78, 5) is 35.6. The molecule has 0 aliphatic carbocycles. The maximum atomic E-state index is 11.7. The highest BCUT2D eigenvalue weighted by molar-refractivity contribution is 5.96. The topological polar surface area (TPSA) is 87.7 Å². The van der Waals surface area contributed by atoms with Gasteiger partial charge in [-0.05, 0) is 19.9 Å². The Labute approximate surface area is 107 Å². The van der Waals surface area contributed by atoms with Gasteiger partial charge in [0.15, 0.2) is 0 Å². The fourth-order valence-corrected chi connectivity index (χ4v) is 1.37. The number of carbonyl (C=O) groups is 3. The molecule has 0 bridgehead atoms. The van der Waals surface area contributed by atoms with Gasteiger partial charge in [-0.1, -0.05) is 6.92 Å². The average molecular weight is 259 g/mol. The number of nitrogens with zero attached hydrogens (tertiary/aromatic N) is 1. The van der Waals surface area contributed by atoms with Crippen molar-refractivity contribution >= 4 is 17.9 Å². The first-order valence-electron chi connectivity index (χ1n) is 5.79. The monoisotopic (exact) mass is 259 g/mol. The lowest BCUT2D eigenvalue weighted by Crippen LogP contribution is -2.50. The number of methoxy groups -OCH3 is 1. The van der Waals surface area contributed by atoms with Crippen LogP contribution >= 0.6 is 0 Å². The summed E-state index contributed by atoms with van der Waals surface area (Å²) >= 11 is 0. The molecule has 0 aromatic carbocycles. The van der Waals surface area contributed by atoms with E-state index in [1.807, 2.05) is 6.92 Å². The molecule has 0 saturated heterocycles. The first kappa shape index (κ1) is 16.4. The van der Waals surface area contributed by atoms with Crippen molar-refractivity contribution in [2.24, 2.45) is 0 Å². The fraction of sp³-hybridized carbons (Fsp3) is 0.727. The van der Waals surface area contributed by atoms with Crippen LogP contribution in [-0.2, 0) is 14.3 Å². The first-order chi connectivity index (χ1) is 8.46. The smallest absolute Gasteiger partial charge is 0.321 e. The predicted octanol–water partition coefficient (Wildman–Crippen LogP) is -0.284. The first-order valence-corrected chi connectivity index (χ1v) is 5.79. The number of carbonyl (C=O) groups excluding carboxylic acids is 3. The standard InChI is InChI=1S/C11H21N3O4/c1-5-6-14(7-9(15)18-4)8(2)10(16)13-11(17)12-3/h8H,5-7H2,1-4H3,(H2,12,13,16,17). The molecule has 1 unspecified atom stereocenters. The van der Waals surface area contributed by atoms with Crippen molar-refractivity contribution in [2.75, 3.05) is 27.2 Å². The normalized spacial score (nSPS) is 11.8. The zero-order valence-electron chi connectivity index (χ0n) is 11.3. The van der Waals surface area contributed by atoms with Crippen molar-refractivity contribution in [1.29, 1.82) is 0 Å². The third kappa shape index (κ3) is 5.62. The van der Waals surface area contributed by atoms with Crippen molar-refractivity contribution in [3.05, 3.63) is 0 Å². The van der Waals surface area contributed by atoms with Gasteiger partial charge in [0.1, 0.15) is 0 Å². The Kier molecular flexibility index (Phi) is 7.69. The highest BCUT2D eigenvalue weighted by Crippen LogP contribution is 2.01. The molecule has 1 atom stereocenters. The van der Waals surface area contributed by atoms with Crippen molar-refractivity contribution in [1.82, 2.24) is 15.5 Å². The molecular formula is C11H21N3O4. The van der Waals surface area contributed by atoms with Gasteiger partial charge in [0.25, 0.3) is 0 Å². The molecule has 0 radical (unpaired) electrons. The molecule has 0 heterocycles.